The maximum atomic E-state index is 5.81. The Kier molecular flexibility index (Phi) is 5.06. The zero-order valence-corrected chi connectivity index (χ0v) is 13.3. The minimum absolute atomic E-state index is 0.210. The molecule has 0 aromatic heterocycles. The Morgan fingerprint density at radius 2 is 1.71 bits per heavy atom. The van der Waals surface area contributed by atoms with Crippen LogP contribution in [-0.4, -0.2) is 50.0 Å². The molecule has 0 radical (unpaired) electrons. The third kappa shape index (κ3) is 5.18. The molecular formula is C16H22O4S. The van der Waals surface area contributed by atoms with E-state index in [0.717, 1.165) is 19.0 Å². The monoisotopic (exact) mass is 310 g/mol. The second kappa shape index (κ2) is 7.01. The first-order chi connectivity index (χ1) is 10.2. The van der Waals surface area contributed by atoms with Crippen molar-refractivity contribution in [2.75, 3.05) is 26.4 Å². The molecule has 1 aromatic carbocycles. The maximum absolute atomic E-state index is 5.81. The minimum atomic E-state index is 0.210. The lowest BCUT2D eigenvalue weighted by Crippen LogP contribution is -2.22. The summed E-state index contributed by atoms with van der Waals surface area (Å²) in [5.74, 6) is 0.901. The molecule has 116 valence electrons. The Labute approximate surface area is 130 Å². The fraction of sp³-hybridized carbons (Fsp3) is 0.625. The molecule has 0 N–H and O–H groups in total. The number of hydrogen-bond donors (Lipinski definition) is 0. The lowest BCUT2D eigenvalue weighted by molar-refractivity contribution is 0.0557. The molecule has 1 aromatic rings. The molecule has 2 heterocycles. The van der Waals surface area contributed by atoms with Gasteiger partial charge in [0.1, 0.15) is 24.6 Å². The fourth-order valence-corrected chi connectivity index (χ4v) is 2.83. The largest absolute Gasteiger partial charge is 0.491 e. The van der Waals surface area contributed by atoms with Crippen LogP contribution in [0.3, 0.4) is 0 Å². The van der Waals surface area contributed by atoms with Gasteiger partial charge >= 0.3 is 0 Å². The van der Waals surface area contributed by atoms with E-state index in [1.54, 1.807) is 0 Å². The molecule has 2 saturated heterocycles. The van der Waals surface area contributed by atoms with Crippen LogP contribution in [0.2, 0.25) is 0 Å². The van der Waals surface area contributed by atoms with Crippen molar-refractivity contribution < 1.29 is 18.9 Å². The molecule has 0 amide bonds. The number of benzene rings is 1. The zero-order chi connectivity index (χ0) is 14.7. The molecule has 2 fully saturated rings. The Morgan fingerprint density at radius 3 is 2.33 bits per heavy atom. The van der Waals surface area contributed by atoms with Crippen molar-refractivity contribution in [1.29, 1.82) is 0 Å². The summed E-state index contributed by atoms with van der Waals surface area (Å²) in [6.45, 7) is 7.35. The van der Waals surface area contributed by atoms with Crippen molar-refractivity contribution in [2.45, 2.75) is 42.3 Å². The van der Waals surface area contributed by atoms with Gasteiger partial charge in [-0.15, -0.1) is 11.8 Å². The average molecular weight is 310 g/mol. The highest BCUT2D eigenvalue weighted by Gasteiger charge is 2.25. The molecule has 2 aliphatic heterocycles. The number of hydrogen-bond acceptors (Lipinski definition) is 5. The van der Waals surface area contributed by atoms with E-state index in [0.29, 0.717) is 30.7 Å². The lowest BCUT2D eigenvalue weighted by atomic mass is 10.3. The first-order valence-electron chi connectivity index (χ1n) is 7.45. The Hall–Kier alpha value is -0.750. The molecule has 0 spiro atoms. The number of ether oxygens (including phenoxy) is 4. The summed E-state index contributed by atoms with van der Waals surface area (Å²) in [7, 11) is 0. The van der Waals surface area contributed by atoms with Crippen molar-refractivity contribution in [3.8, 4) is 5.75 Å². The van der Waals surface area contributed by atoms with E-state index in [2.05, 4.69) is 26.0 Å². The lowest BCUT2D eigenvalue weighted by Gasteiger charge is -2.19. The van der Waals surface area contributed by atoms with E-state index in [1.165, 1.54) is 4.90 Å². The second-order valence-electron chi connectivity index (χ2n) is 5.55. The van der Waals surface area contributed by atoms with Crippen LogP contribution in [0.4, 0.5) is 0 Å². The van der Waals surface area contributed by atoms with Gasteiger partial charge in [-0.3, -0.25) is 0 Å². The van der Waals surface area contributed by atoms with Gasteiger partial charge in [0.05, 0.1) is 25.9 Å². The van der Waals surface area contributed by atoms with Gasteiger partial charge in [0.25, 0.3) is 0 Å². The molecule has 3 rings (SSSR count). The molecule has 0 aliphatic carbocycles. The molecule has 2 aliphatic rings. The maximum Gasteiger partial charge on any atom is 0.119 e. The molecule has 4 atom stereocenters. The number of rotatable bonds is 9. The van der Waals surface area contributed by atoms with Gasteiger partial charge in [-0.1, -0.05) is 6.92 Å². The smallest absolute Gasteiger partial charge is 0.119 e. The molecule has 0 bridgehead atoms. The third-order valence-electron chi connectivity index (χ3n) is 3.59. The van der Waals surface area contributed by atoms with E-state index < -0.39 is 0 Å². The van der Waals surface area contributed by atoms with Gasteiger partial charge in [0.15, 0.2) is 0 Å². The van der Waals surface area contributed by atoms with Crippen LogP contribution in [0.25, 0.3) is 0 Å². The van der Waals surface area contributed by atoms with Crippen LogP contribution in [0.5, 0.6) is 5.75 Å². The SMILES string of the molecule is CC(Sc1ccc(OCC2CO2)cc1)[C@H](C)OCC1CO1. The van der Waals surface area contributed by atoms with Crippen LogP contribution in [-0.2, 0) is 14.2 Å². The molecule has 3 unspecified atom stereocenters. The predicted octanol–water partition coefficient (Wildman–Crippen LogP) is 2.75. The van der Waals surface area contributed by atoms with E-state index >= 15 is 0 Å². The summed E-state index contributed by atoms with van der Waals surface area (Å²) in [6, 6.07) is 8.23. The molecule has 4 nitrogen and oxygen atoms in total. The van der Waals surface area contributed by atoms with Gasteiger partial charge in [0, 0.05) is 10.1 Å². The standard InChI is InChI=1S/C16H22O4S/c1-11(17-7-14-9-19-14)12(2)21-16-5-3-13(4-6-16)18-8-15-10-20-15/h3-6,11-12,14-15H,7-10H2,1-2H3/t11-,12?,14?,15?/m0/s1. The van der Waals surface area contributed by atoms with Crippen molar-refractivity contribution in [2.24, 2.45) is 0 Å². The van der Waals surface area contributed by atoms with Crippen LogP contribution in [0, 0.1) is 0 Å². The van der Waals surface area contributed by atoms with Crippen LogP contribution in [0.15, 0.2) is 29.2 Å². The van der Waals surface area contributed by atoms with Crippen molar-refractivity contribution >= 4 is 11.8 Å². The van der Waals surface area contributed by atoms with E-state index in [-0.39, 0.29) is 6.10 Å². The van der Waals surface area contributed by atoms with Crippen molar-refractivity contribution in [3.05, 3.63) is 24.3 Å². The van der Waals surface area contributed by atoms with Gasteiger partial charge in [-0.2, -0.15) is 0 Å². The highest BCUT2D eigenvalue weighted by Crippen LogP contribution is 2.28. The number of thioether (sulfide) groups is 1. The summed E-state index contributed by atoms with van der Waals surface area (Å²) in [5.41, 5.74) is 0. The summed E-state index contributed by atoms with van der Waals surface area (Å²) < 4.78 is 21.7. The van der Waals surface area contributed by atoms with Crippen molar-refractivity contribution in [1.82, 2.24) is 0 Å². The highest BCUT2D eigenvalue weighted by atomic mass is 32.2. The summed E-state index contributed by atoms with van der Waals surface area (Å²) in [6.07, 6.45) is 0.839. The predicted molar refractivity (Wildman–Crippen MR) is 82.2 cm³/mol. The summed E-state index contributed by atoms with van der Waals surface area (Å²) in [5, 5.41) is 0.399. The van der Waals surface area contributed by atoms with Gasteiger partial charge in [-0.05, 0) is 31.2 Å². The highest BCUT2D eigenvalue weighted by molar-refractivity contribution is 8.00. The molecule has 5 heteroatoms. The Morgan fingerprint density at radius 1 is 1.10 bits per heavy atom. The molecular weight excluding hydrogens is 288 g/mol. The topological polar surface area (TPSA) is 43.5 Å². The summed E-state index contributed by atoms with van der Waals surface area (Å²) in [4.78, 5) is 1.23. The summed E-state index contributed by atoms with van der Waals surface area (Å²) >= 11 is 1.82. The van der Waals surface area contributed by atoms with E-state index in [9.17, 15) is 0 Å². The zero-order valence-electron chi connectivity index (χ0n) is 12.5. The first kappa shape index (κ1) is 15.2. The van der Waals surface area contributed by atoms with E-state index in [1.807, 2.05) is 23.9 Å². The first-order valence-corrected chi connectivity index (χ1v) is 8.33. The van der Waals surface area contributed by atoms with Crippen molar-refractivity contribution in [3.63, 3.8) is 0 Å². The minimum Gasteiger partial charge on any atom is -0.491 e. The quantitative estimate of drug-likeness (QED) is 0.518. The fourth-order valence-electron chi connectivity index (χ4n) is 1.84. The Bertz CT molecular complexity index is 442. The van der Waals surface area contributed by atoms with Gasteiger partial charge in [0.2, 0.25) is 0 Å². The van der Waals surface area contributed by atoms with Gasteiger partial charge < -0.3 is 18.9 Å². The van der Waals surface area contributed by atoms with Crippen LogP contribution in [0.1, 0.15) is 13.8 Å². The second-order valence-corrected chi connectivity index (χ2v) is 7.01. The molecule has 0 saturated carbocycles. The van der Waals surface area contributed by atoms with Crippen LogP contribution < -0.4 is 4.74 Å². The average Bonchev–Trinajstić information content (AvgIpc) is 3.38. The van der Waals surface area contributed by atoms with Crippen LogP contribution >= 0.6 is 11.8 Å². The third-order valence-corrected chi connectivity index (χ3v) is 4.89. The normalized spacial score (nSPS) is 26.2. The van der Waals surface area contributed by atoms with E-state index in [4.69, 9.17) is 18.9 Å². The van der Waals surface area contributed by atoms with Gasteiger partial charge in [-0.25, -0.2) is 0 Å². The number of epoxide rings is 2. The Balaban J connectivity index is 1.41. The molecule has 21 heavy (non-hydrogen) atoms.